The van der Waals surface area contributed by atoms with Crippen molar-refractivity contribution in [2.45, 2.75) is 51.2 Å². The summed E-state index contributed by atoms with van der Waals surface area (Å²) in [4.78, 5) is 28.4. The predicted octanol–water partition coefficient (Wildman–Crippen LogP) is 0.206. The lowest BCUT2D eigenvalue weighted by molar-refractivity contribution is -0.152. The second-order valence-corrected chi connectivity index (χ2v) is 5.43. The number of carbonyl (C=O) groups excluding carboxylic acids is 2. The average molecular weight is 253 g/mol. The minimum Gasteiger partial charge on any atom is -0.343 e. The van der Waals surface area contributed by atoms with Crippen molar-refractivity contribution in [1.82, 2.24) is 15.1 Å². The van der Waals surface area contributed by atoms with Crippen LogP contribution in [0.5, 0.6) is 0 Å². The van der Waals surface area contributed by atoms with Crippen LogP contribution in [0.3, 0.4) is 0 Å². The number of nitrogens with one attached hydrogen (secondary N) is 1. The van der Waals surface area contributed by atoms with Crippen LogP contribution in [0.1, 0.15) is 33.1 Å². The summed E-state index contributed by atoms with van der Waals surface area (Å²) in [5, 5.41) is 2.77. The van der Waals surface area contributed by atoms with Crippen molar-refractivity contribution in [2.75, 3.05) is 20.1 Å². The van der Waals surface area contributed by atoms with Crippen LogP contribution in [-0.4, -0.2) is 59.9 Å². The molecule has 2 heterocycles. The van der Waals surface area contributed by atoms with Crippen LogP contribution < -0.4 is 5.32 Å². The lowest BCUT2D eigenvalue weighted by Gasteiger charge is -2.45. The Morgan fingerprint density at radius 3 is 2.44 bits per heavy atom. The Morgan fingerprint density at radius 2 is 1.89 bits per heavy atom. The number of piperazine rings is 1. The molecule has 0 aromatic heterocycles. The maximum atomic E-state index is 12.3. The molecule has 0 saturated carbocycles. The molecule has 2 atom stereocenters. The Balaban J connectivity index is 2.15. The summed E-state index contributed by atoms with van der Waals surface area (Å²) in [6, 6.07) is -0.422. The van der Waals surface area contributed by atoms with Crippen molar-refractivity contribution in [2.24, 2.45) is 0 Å². The molecule has 0 spiro atoms. The Morgan fingerprint density at radius 1 is 1.28 bits per heavy atom. The van der Waals surface area contributed by atoms with Gasteiger partial charge >= 0.3 is 0 Å². The fourth-order valence-corrected chi connectivity index (χ4v) is 2.96. The summed E-state index contributed by atoms with van der Waals surface area (Å²) in [6.45, 7) is 5.74. The number of carbonyl (C=O) groups is 2. The van der Waals surface area contributed by atoms with Crippen LogP contribution in [0.25, 0.3) is 0 Å². The standard InChI is InChI=1S/C13H23N3O2/c1-4-11-12(17)14-9(2)13(18)16(11)10-5-7-15(3)8-6-10/h9-11H,4-8H2,1-3H3,(H,14,17). The summed E-state index contributed by atoms with van der Waals surface area (Å²) >= 11 is 0. The molecular weight excluding hydrogens is 230 g/mol. The molecule has 18 heavy (non-hydrogen) atoms. The van der Waals surface area contributed by atoms with Crippen molar-refractivity contribution >= 4 is 11.8 Å². The van der Waals surface area contributed by atoms with E-state index in [0.717, 1.165) is 25.9 Å². The molecule has 0 radical (unpaired) electrons. The van der Waals surface area contributed by atoms with Crippen molar-refractivity contribution < 1.29 is 9.59 Å². The van der Waals surface area contributed by atoms with Gasteiger partial charge in [-0.1, -0.05) is 6.92 Å². The van der Waals surface area contributed by atoms with Crippen molar-refractivity contribution in [3.63, 3.8) is 0 Å². The number of hydrogen-bond donors (Lipinski definition) is 1. The highest BCUT2D eigenvalue weighted by Crippen LogP contribution is 2.23. The van der Waals surface area contributed by atoms with Gasteiger partial charge in [0.25, 0.3) is 0 Å². The molecule has 2 amide bonds. The molecule has 5 heteroatoms. The summed E-state index contributed by atoms with van der Waals surface area (Å²) in [5.41, 5.74) is 0. The van der Waals surface area contributed by atoms with Crippen molar-refractivity contribution in [3.8, 4) is 0 Å². The largest absolute Gasteiger partial charge is 0.343 e. The molecule has 1 N–H and O–H groups in total. The van der Waals surface area contributed by atoms with E-state index < -0.39 is 0 Å². The van der Waals surface area contributed by atoms with Crippen LogP contribution in [-0.2, 0) is 9.59 Å². The van der Waals surface area contributed by atoms with Gasteiger partial charge in [0.1, 0.15) is 12.1 Å². The first-order valence-electron chi connectivity index (χ1n) is 6.85. The van der Waals surface area contributed by atoms with E-state index in [1.165, 1.54) is 0 Å². The lowest BCUT2D eigenvalue weighted by Crippen LogP contribution is -2.65. The van der Waals surface area contributed by atoms with E-state index in [2.05, 4.69) is 17.3 Å². The summed E-state index contributed by atoms with van der Waals surface area (Å²) in [5.74, 6) is 0.0829. The van der Waals surface area contributed by atoms with Crippen LogP contribution in [0, 0.1) is 0 Å². The van der Waals surface area contributed by atoms with Gasteiger partial charge in [0, 0.05) is 6.04 Å². The SMILES string of the molecule is CCC1C(=O)NC(C)C(=O)N1C1CCN(C)CC1. The highest BCUT2D eigenvalue weighted by atomic mass is 16.2. The monoisotopic (exact) mass is 253 g/mol. The molecule has 0 aromatic carbocycles. The summed E-state index contributed by atoms with van der Waals surface area (Å²) in [7, 11) is 2.10. The highest BCUT2D eigenvalue weighted by Gasteiger charge is 2.41. The third-order valence-corrected chi connectivity index (χ3v) is 4.09. The number of piperidine rings is 1. The maximum Gasteiger partial charge on any atom is 0.245 e. The van der Waals surface area contributed by atoms with Gasteiger partial charge in [0.05, 0.1) is 0 Å². The second-order valence-electron chi connectivity index (χ2n) is 5.43. The Kier molecular flexibility index (Phi) is 3.90. The third-order valence-electron chi connectivity index (χ3n) is 4.09. The molecule has 2 aliphatic heterocycles. The minimum atomic E-state index is -0.375. The highest BCUT2D eigenvalue weighted by molar-refractivity contribution is 5.96. The Hall–Kier alpha value is -1.10. The molecule has 2 unspecified atom stereocenters. The van der Waals surface area contributed by atoms with E-state index in [1.54, 1.807) is 6.92 Å². The van der Waals surface area contributed by atoms with Gasteiger partial charge in [-0.2, -0.15) is 0 Å². The topological polar surface area (TPSA) is 52.7 Å². The zero-order chi connectivity index (χ0) is 13.3. The van der Waals surface area contributed by atoms with Crippen LogP contribution >= 0.6 is 0 Å². The normalized spacial score (nSPS) is 31.6. The van der Waals surface area contributed by atoms with Crippen LogP contribution in [0.4, 0.5) is 0 Å². The van der Waals surface area contributed by atoms with Gasteiger partial charge in [-0.25, -0.2) is 0 Å². The molecule has 0 aliphatic carbocycles. The Labute approximate surface area is 108 Å². The first-order valence-corrected chi connectivity index (χ1v) is 6.85. The van der Waals surface area contributed by atoms with Gasteiger partial charge in [0.2, 0.25) is 11.8 Å². The number of nitrogens with zero attached hydrogens (tertiary/aromatic N) is 2. The minimum absolute atomic E-state index is 0.00327. The van der Waals surface area contributed by atoms with Gasteiger partial charge in [-0.3, -0.25) is 9.59 Å². The van der Waals surface area contributed by atoms with Crippen molar-refractivity contribution in [3.05, 3.63) is 0 Å². The van der Waals surface area contributed by atoms with Gasteiger partial charge in [-0.05, 0) is 46.3 Å². The van der Waals surface area contributed by atoms with E-state index >= 15 is 0 Å². The van der Waals surface area contributed by atoms with Crippen LogP contribution in [0.2, 0.25) is 0 Å². The molecule has 102 valence electrons. The maximum absolute atomic E-state index is 12.3. The molecule has 5 nitrogen and oxygen atoms in total. The zero-order valence-electron chi connectivity index (χ0n) is 11.5. The van der Waals surface area contributed by atoms with Gasteiger partial charge < -0.3 is 15.1 Å². The predicted molar refractivity (Wildman–Crippen MR) is 69.0 cm³/mol. The first kappa shape index (κ1) is 13.3. The molecule has 2 aliphatic rings. The number of amides is 2. The second kappa shape index (κ2) is 5.26. The molecule has 2 saturated heterocycles. The lowest BCUT2D eigenvalue weighted by atomic mass is 9.96. The summed E-state index contributed by atoms with van der Waals surface area (Å²) < 4.78 is 0. The zero-order valence-corrected chi connectivity index (χ0v) is 11.5. The number of likely N-dealkylation sites (tertiary alicyclic amines) is 1. The van der Waals surface area contributed by atoms with Gasteiger partial charge in [0.15, 0.2) is 0 Å². The van der Waals surface area contributed by atoms with Gasteiger partial charge in [-0.15, -0.1) is 0 Å². The third kappa shape index (κ3) is 2.36. The first-order chi connectivity index (χ1) is 8.54. The van der Waals surface area contributed by atoms with E-state index in [0.29, 0.717) is 6.42 Å². The summed E-state index contributed by atoms with van der Waals surface area (Å²) in [6.07, 6.45) is 2.63. The molecule has 2 rings (SSSR count). The molecule has 0 bridgehead atoms. The molecular formula is C13H23N3O2. The molecule has 2 fully saturated rings. The van der Waals surface area contributed by atoms with Crippen LogP contribution in [0.15, 0.2) is 0 Å². The van der Waals surface area contributed by atoms with E-state index in [1.807, 2.05) is 11.8 Å². The van der Waals surface area contributed by atoms with E-state index in [4.69, 9.17) is 0 Å². The fraction of sp³-hybridized carbons (Fsp3) is 0.846. The average Bonchev–Trinajstić information content (AvgIpc) is 2.35. The number of rotatable bonds is 2. The fourth-order valence-electron chi connectivity index (χ4n) is 2.96. The van der Waals surface area contributed by atoms with E-state index in [-0.39, 0.29) is 29.9 Å². The number of hydrogen-bond acceptors (Lipinski definition) is 3. The quantitative estimate of drug-likeness (QED) is 0.765. The van der Waals surface area contributed by atoms with E-state index in [9.17, 15) is 9.59 Å². The Bertz CT molecular complexity index is 337. The smallest absolute Gasteiger partial charge is 0.245 e. The molecule has 0 aromatic rings. The van der Waals surface area contributed by atoms with Crippen molar-refractivity contribution in [1.29, 1.82) is 0 Å².